The van der Waals surface area contributed by atoms with E-state index in [1.807, 2.05) is 37.4 Å². The SMILES string of the molecule is CSc1ccc(C(C)NC(=O)CN(Cc2c(Cl)cccc2Cl)S(=O)(=O)c2ccc(Cl)cc2)cc1. The molecule has 1 N–H and O–H groups in total. The van der Waals surface area contributed by atoms with Crippen LogP contribution in [0.15, 0.2) is 76.5 Å². The van der Waals surface area contributed by atoms with Gasteiger partial charge in [-0.05, 0) is 67.3 Å². The topological polar surface area (TPSA) is 66.5 Å². The van der Waals surface area contributed by atoms with E-state index in [0.29, 0.717) is 20.6 Å². The molecule has 0 aliphatic rings. The lowest BCUT2D eigenvalue weighted by molar-refractivity contribution is -0.122. The molecule has 0 spiro atoms. The summed E-state index contributed by atoms with van der Waals surface area (Å²) in [5.41, 5.74) is 1.32. The van der Waals surface area contributed by atoms with E-state index in [0.717, 1.165) is 14.8 Å². The second-order valence-electron chi connectivity index (χ2n) is 7.49. The Hall–Kier alpha value is -1.74. The van der Waals surface area contributed by atoms with Crippen LogP contribution in [0.3, 0.4) is 0 Å². The molecule has 3 aromatic rings. The third-order valence-corrected chi connectivity index (χ3v) is 8.67. The van der Waals surface area contributed by atoms with Gasteiger partial charge in [-0.15, -0.1) is 11.8 Å². The molecule has 10 heteroatoms. The first-order chi connectivity index (χ1) is 16.1. The molecule has 0 radical (unpaired) electrons. The number of hydrogen-bond acceptors (Lipinski definition) is 4. The largest absolute Gasteiger partial charge is 0.348 e. The number of benzene rings is 3. The van der Waals surface area contributed by atoms with Gasteiger partial charge in [0.2, 0.25) is 15.9 Å². The van der Waals surface area contributed by atoms with Gasteiger partial charge in [-0.3, -0.25) is 4.79 Å². The molecule has 5 nitrogen and oxygen atoms in total. The number of rotatable bonds is 9. The maximum Gasteiger partial charge on any atom is 0.243 e. The molecule has 0 aliphatic carbocycles. The molecule has 1 atom stereocenters. The Kier molecular flexibility index (Phi) is 9.32. The van der Waals surface area contributed by atoms with Gasteiger partial charge in [-0.2, -0.15) is 4.31 Å². The van der Waals surface area contributed by atoms with Gasteiger partial charge in [0.25, 0.3) is 0 Å². The number of thioether (sulfide) groups is 1. The third kappa shape index (κ3) is 6.68. The van der Waals surface area contributed by atoms with E-state index in [1.54, 1.807) is 30.0 Å². The number of hydrogen-bond donors (Lipinski definition) is 1. The number of halogens is 3. The van der Waals surface area contributed by atoms with Gasteiger partial charge in [0.1, 0.15) is 0 Å². The van der Waals surface area contributed by atoms with Crippen LogP contribution >= 0.6 is 46.6 Å². The normalized spacial score (nSPS) is 12.5. The summed E-state index contributed by atoms with van der Waals surface area (Å²) < 4.78 is 28.0. The summed E-state index contributed by atoms with van der Waals surface area (Å²) in [6.45, 7) is 1.25. The Morgan fingerprint density at radius 3 is 2.12 bits per heavy atom. The summed E-state index contributed by atoms with van der Waals surface area (Å²) in [5.74, 6) is -0.456. The van der Waals surface area contributed by atoms with Gasteiger partial charge >= 0.3 is 0 Å². The van der Waals surface area contributed by atoms with Crippen LogP contribution in [0, 0.1) is 0 Å². The van der Waals surface area contributed by atoms with Crippen molar-refractivity contribution in [3.63, 3.8) is 0 Å². The fraction of sp³-hybridized carbons (Fsp3) is 0.208. The lowest BCUT2D eigenvalue weighted by Crippen LogP contribution is -2.41. The first kappa shape index (κ1) is 26.9. The molecular formula is C24H23Cl3N2O3S2. The Labute approximate surface area is 219 Å². The van der Waals surface area contributed by atoms with Crippen LogP contribution in [-0.2, 0) is 21.4 Å². The average Bonchev–Trinajstić information content (AvgIpc) is 2.81. The Balaban J connectivity index is 1.86. The quantitative estimate of drug-likeness (QED) is 0.308. The van der Waals surface area contributed by atoms with Gasteiger partial charge in [0.15, 0.2) is 0 Å². The maximum absolute atomic E-state index is 13.4. The van der Waals surface area contributed by atoms with Crippen molar-refractivity contribution < 1.29 is 13.2 Å². The number of carbonyl (C=O) groups is 1. The number of sulfonamides is 1. The minimum Gasteiger partial charge on any atom is -0.348 e. The fourth-order valence-corrected chi connectivity index (χ4v) is 5.68. The van der Waals surface area contributed by atoms with Crippen LogP contribution in [0.5, 0.6) is 0 Å². The standard InChI is InChI=1S/C24H23Cl3N2O3S2/c1-16(17-6-10-19(33-2)11-7-17)28-24(30)15-29(14-21-22(26)4-3-5-23(21)27)34(31,32)20-12-8-18(25)9-13-20/h3-13,16H,14-15H2,1-2H3,(H,28,30). The summed E-state index contributed by atoms with van der Waals surface area (Å²) >= 11 is 20.1. The van der Waals surface area contributed by atoms with Crippen LogP contribution in [0.25, 0.3) is 0 Å². The zero-order valence-corrected chi connectivity index (χ0v) is 22.4. The first-order valence-corrected chi connectivity index (χ1v) is 14.0. The van der Waals surface area contributed by atoms with Crippen molar-refractivity contribution in [1.29, 1.82) is 0 Å². The van der Waals surface area contributed by atoms with E-state index in [-0.39, 0.29) is 17.5 Å². The van der Waals surface area contributed by atoms with E-state index >= 15 is 0 Å². The summed E-state index contributed by atoms with van der Waals surface area (Å²) in [4.78, 5) is 14.1. The molecule has 3 aromatic carbocycles. The van der Waals surface area contributed by atoms with Gasteiger partial charge < -0.3 is 5.32 Å². The van der Waals surface area contributed by atoms with Crippen LogP contribution in [0.2, 0.25) is 15.1 Å². The van der Waals surface area contributed by atoms with Crippen LogP contribution in [0.1, 0.15) is 24.1 Å². The molecule has 0 saturated carbocycles. The monoisotopic (exact) mass is 556 g/mol. The number of nitrogens with zero attached hydrogens (tertiary/aromatic N) is 1. The average molecular weight is 558 g/mol. The van der Waals surface area contributed by atoms with Crippen molar-refractivity contribution >= 4 is 62.5 Å². The molecule has 0 bridgehead atoms. The molecule has 0 aromatic heterocycles. The zero-order valence-electron chi connectivity index (χ0n) is 18.5. The molecule has 0 fully saturated rings. The van der Waals surface area contributed by atoms with Crippen molar-refractivity contribution in [2.24, 2.45) is 0 Å². The van der Waals surface area contributed by atoms with Crippen molar-refractivity contribution in [1.82, 2.24) is 9.62 Å². The van der Waals surface area contributed by atoms with E-state index in [4.69, 9.17) is 34.8 Å². The molecule has 0 saturated heterocycles. The second-order valence-corrected chi connectivity index (χ2v) is 11.6. The van der Waals surface area contributed by atoms with Crippen molar-refractivity contribution in [2.45, 2.75) is 29.3 Å². The van der Waals surface area contributed by atoms with Crippen LogP contribution in [0.4, 0.5) is 0 Å². The molecular weight excluding hydrogens is 535 g/mol. The highest BCUT2D eigenvalue weighted by atomic mass is 35.5. The summed E-state index contributed by atoms with van der Waals surface area (Å²) in [6, 6.07) is 18.2. The van der Waals surface area contributed by atoms with Gasteiger partial charge in [-0.1, -0.05) is 53.0 Å². The van der Waals surface area contributed by atoms with Crippen molar-refractivity contribution in [3.05, 3.63) is 92.9 Å². The number of nitrogens with one attached hydrogen (secondary N) is 1. The molecule has 1 amide bonds. The second kappa shape index (κ2) is 11.8. The smallest absolute Gasteiger partial charge is 0.243 e. The number of amides is 1. The Morgan fingerprint density at radius 2 is 1.56 bits per heavy atom. The van der Waals surface area contributed by atoms with E-state index in [9.17, 15) is 13.2 Å². The summed E-state index contributed by atoms with van der Waals surface area (Å²) in [7, 11) is -4.06. The van der Waals surface area contributed by atoms with Gasteiger partial charge in [-0.25, -0.2) is 8.42 Å². The lowest BCUT2D eigenvalue weighted by Gasteiger charge is -2.24. The molecule has 1 unspecified atom stereocenters. The van der Waals surface area contributed by atoms with Crippen LogP contribution in [-0.4, -0.2) is 31.4 Å². The van der Waals surface area contributed by atoms with E-state index < -0.39 is 22.5 Å². The summed E-state index contributed by atoms with van der Waals surface area (Å²) in [6.07, 6.45) is 1.99. The van der Waals surface area contributed by atoms with Gasteiger partial charge in [0, 0.05) is 32.1 Å². The summed E-state index contributed by atoms with van der Waals surface area (Å²) in [5, 5.41) is 3.90. The lowest BCUT2D eigenvalue weighted by atomic mass is 10.1. The highest BCUT2D eigenvalue weighted by Gasteiger charge is 2.29. The van der Waals surface area contributed by atoms with Crippen molar-refractivity contribution in [2.75, 3.05) is 12.8 Å². The number of carbonyl (C=O) groups excluding carboxylic acids is 1. The van der Waals surface area contributed by atoms with Gasteiger partial charge in [0.05, 0.1) is 17.5 Å². The fourth-order valence-electron chi connectivity index (χ4n) is 3.26. The minimum absolute atomic E-state index is 0.00794. The Bertz CT molecular complexity index is 1230. The highest BCUT2D eigenvalue weighted by Crippen LogP contribution is 2.28. The zero-order chi connectivity index (χ0) is 24.9. The van der Waals surface area contributed by atoms with E-state index in [2.05, 4.69) is 5.32 Å². The molecule has 0 aliphatic heterocycles. The molecule has 0 heterocycles. The third-order valence-electron chi connectivity index (χ3n) is 5.16. The van der Waals surface area contributed by atoms with E-state index in [1.165, 1.54) is 24.3 Å². The van der Waals surface area contributed by atoms with Crippen molar-refractivity contribution in [3.8, 4) is 0 Å². The Morgan fingerprint density at radius 1 is 0.971 bits per heavy atom. The minimum atomic E-state index is -4.06. The predicted molar refractivity (Wildman–Crippen MR) is 140 cm³/mol. The molecule has 3 rings (SSSR count). The first-order valence-electron chi connectivity index (χ1n) is 10.2. The predicted octanol–water partition coefficient (Wildman–Crippen LogP) is 6.44. The maximum atomic E-state index is 13.4. The molecule has 180 valence electrons. The highest BCUT2D eigenvalue weighted by molar-refractivity contribution is 7.98. The molecule has 34 heavy (non-hydrogen) atoms. The van der Waals surface area contributed by atoms with Crippen LogP contribution < -0.4 is 5.32 Å².